The van der Waals surface area contributed by atoms with E-state index in [1.807, 2.05) is 24.3 Å². The van der Waals surface area contributed by atoms with Crippen molar-refractivity contribution in [2.45, 2.75) is 31.7 Å². The molecule has 6 heteroatoms. The van der Waals surface area contributed by atoms with Crippen molar-refractivity contribution >= 4 is 33.4 Å². The van der Waals surface area contributed by atoms with E-state index in [1.54, 1.807) is 0 Å². The summed E-state index contributed by atoms with van der Waals surface area (Å²) in [6.07, 6.45) is 3.35. The Morgan fingerprint density at radius 1 is 1.24 bits per heavy atom. The molecule has 1 heterocycles. The Kier molecular flexibility index (Phi) is 6.20. The normalized spacial score (nSPS) is 18.0. The fourth-order valence-corrected chi connectivity index (χ4v) is 2.52. The molecule has 1 aliphatic rings. The van der Waals surface area contributed by atoms with Gasteiger partial charge in [-0.2, -0.15) is 0 Å². The van der Waals surface area contributed by atoms with Gasteiger partial charge in [0.1, 0.15) is 0 Å². The Balaban J connectivity index is 1.66. The lowest BCUT2D eigenvalue weighted by atomic mass is 10.0. The summed E-state index contributed by atoms with van der Waals surface area (Å²) in [5.74, 6) is -0.111. The van der Waals surface area contributed by atoms with E-state index in [0.717, 1.165) is 36.0 Å². The summed E-state index contributed by atoms with van der Waals surface area (Å²) in [5.41, 5.74) is 0.753. The molecule has 1 aromatic rings. The van der Waals surface area contributed by atoms with Gasteiger partial charge in [-0.3, -0.25) is 9.59 Å². The molecule has 0 saturated carbocycles. The molecule has 0 bridgehead atoms. The summed E-state index contributed by atoms with van der Waals surface area (Å²) in [6.45, 7) is 1.25. The van der Waals surface area contributed by atoms with E-state index in [0.29, 0.717) is 6.54 Å². The van der Waals surface area contributed by atoms with Crippen LogP contribution in [-0.4, -0.2) is 30.9 Å². The molecule has 2 amide bonds. The van der Waals surface area contributed by atoms with Gasteiger partial charge in [0.25, 0.3) is 0 Å². The Morgan fingerprint density at radius 3 is 2.67 bits per heavy atom. The van der Waals surface area contributed by atoms with Crippen molar-refractivity contribution in [2.24, 2.45) is 0 Å². The van der Waals surface area contributed by atoms with Crippen LogP contribution in [0.15, 0.2) is 28.7 Å². The second-order valence-corrected chi connectivity index (χ2v) is 6.01. The predicted molar refractivity (Wildman–Crippen MR) is 86.0 cm³/mol. The molecule has 21 heavy (non-hydrogen) atoms. The maximum Gasteiger partial charge on any atom is 0.237 e. The van der Waals surface area contributed by atoms with E-state index in [1.165, 1.54) is 0 Å². The van der Waals surface area contributed by atoms with Crippen LogP contribution in [0.5, 0.6) is 0 Å². The van der Waals surface area contributed by atoms with Crippen LogP contribution in [0.25, 0.3) is 0 Å². The first kappa shape index (κ1) is 16.0. The molecule has 0 spiro atoms. The molecule has 1 atom stereocenters. The maximum atomic E-state index is 11.9. The summed E-state index contributed by atoms with van der Waals surface area (Å²) in [7, 11) is 0. The second-order valence-electron chi connectivity index (χ2n) is 5.10. The van der Waals surface area contributed by atoms with Crippen LogP contribution < -0.4 is 16.0 Å². The molecule has 114 valence electrons. The van der Waals surface area contributed by atoms with Crippen LogP contribution in [0, 0.1) is 0 Å². The molecule has 1 unspecified atom stereocenters. The zero-order valence-electron chi connectivity index (χ0n) is 11.8. The van der Waals surface area contributed by atoms with E-state index in [4.69, 9.17) is 0 Å². The molecule has 1 aromatic carbocycles. The van der Waals surface area contributed by atoms with Gasteiger partial charge in [-0.15, -0.1) is 0 Å². The van der Waals surface area contributed by atoms with Gasteiger partial charge in [-0.25, -0.2) is 0 Å². The maximum absolute atomic E-state index is 11.9. The number of halogens is 1. The number of hydrogen-bond acceptors (Lipinski definition) is 3. The Hall–Kier alpha value is -1.40. The van der Waals surface area contributed by atoms with Crippen molar-refractivity contribution in [3.05, 3.63) is 28.7 Å². The smallest absolute Gasteiger partial charge is 0.237 e. The molecule has 2 rings (SSSR count). The number of nitrogens with one attached hydrogen (secondary N) is 3. The van der Waals surface area contributed by atoms with E-state index in [9.17, 15) is 9.59 Å². The minimum atomic E-state index is -0.103. The number of carbonyl (C=O) groups excluding carboxylic acids is 2. The number of carbonyl (C=O) groups is 2. The van der Waals surface area contributed by atoms with Gasteiger partial charge in [0.2, 0.25) is 11.8 Å². The van der Waals surface area contributed by atoms with Gasteiger partial charge < -0.3 is 16.0 Å². The van der Waals surface area contributed by atoms with Gasteiger partial charge in [-0.05, 0) is 43.7 Å². The topological polar surface area (TPSA) is 70.2 Å². The number of rotatable bonds is 5. The SMILES string of the molecule is O=C(CCNC(=O)C1CCCCN1)Nc1ccc(Br)cc1. The van der Waals surface area contributed by atoms with Crippen LogP contribution in [0.2, 0.25) is 0 Å². The first-order valence-electron chi connectivity index (χ1n) is 7.21. The number of benzene rings is 1. The standard InChI is InChI=1S/C15H20BrN3O2/c16-11-4-6-12(7-5-11)19-14(20)8-10-18-15(21)13-3-1-2-9-17-13/h4-7,13,17H,1-3,8-10H2,(H,18,21)(H,19,20). The fourth-order valence-electron chi connectivity index (χ4n) is 2.25. The van der Waals surface area contributed by atoms with Crippen molar-refractivity contribution in [3.63, 3.8) is 0 Å². The van der Waals surface area contributed by atoms with E-state index in [2.05, 4.69) is 31.9 Å². The molecule has 1 fully saturated rings. The monoisotopic (exact) mass is 353 g/mol. The zero-order chi connectivity index (χ0) is 15.1. The van der Waals surface area contributed by atoms with Gasteiger partial charge in [-0.1, -0.05) is 22.4 Å². The largest absolute Gasteiger partial charge is 0.354 e. The van der Waals surface area contributed by atoms with Crippen molar-refractivity contribution in [1.29, 1.82) is 0 Å². The van der Waals surface area contributed by atoms with Crippen LogP contribution in [-0.2, 0) is 9.59 Å². The number of anilines is 1. The molecule has 1 saturated heterocycles. The highest BCUT2D eigenvalue weighted by atomic mass is 79.9. The highest BCUT2D eigenvalue weighted by Gasteiger charge is 2.19. The molecule has 0 aliphatic carbocycles. The molecular weight excluding hydrogens is 334 g/mol. The average Bonchev–Trinajstić information content (AvgIpc) is 2.50. The quantitative estimate of drug-likeness (QED) is 0.758. The third kappa shape index (κ3) is 5.47. The van der Waals surface area contributed by atoms with E-state index >= 15 is 0 Å². The third-order valence-electron chi connectivity index (χ3n) is 3.41. The van der Waals surface area contributed by atoms with Crippen LogP contribution in [0.4, 0.5) is 5.69 Å². The van der Waals surface area contributed by atoms with Crippen LogP contribution in [0.1, 0.15) is 25.7 Å². The van der Waals surface area contributed by atoms with Crippen LogP contribution in [0.3, 0.4) is 0 Å². The first-order valence-corrected chi connectivity index (χ1v) is 8.01. The second kappa shape index (κ2) is 8.14. The Labute approximate surface area is 133 Å². The summed E-state index contributed by atoms with van der Waals surface area (Å²) in [4.78, 5) is 23.6. The highest BCUT2D eigenvalue weighted by Crippen LogP contribution is 2.14. The van der Waals surface area contributed by atoms with Crippen molar-refractivity contribution in [3.8, 4) is 0 Å². The number of hydrogen-bond donors (Lipinski definition) is 3. The van der Waals surface area contributed by atoms with Crippen molar-refractivity contribution in [2.75, 3.05) is 18.4 Å². The van der Waals surface area contributed by atoms with Gasteiger partial charge in [0.05, 0.1) is 6.04 Å². The Morgan fingerprint density at radius 2 is 2.00 bits per heavy atom. The minimum absolute atomic E-state index is 0.00820. The van der Waals surface area contributed by atoms with Gasteiger partial charge in [0, 0.05) is 23.1 Å². The summed E-state index contributed by atoms with van der Waals surface area (Å²) in [6, 6.07) is 7.28. The minimum Gasteiger partial charge on any atom is -0.354 e. The lowest BCUT2D eigenvalue weighted by molar-refractivity contribution is -0.123. The Bertz CT molecular complexity index is 484. The molecule has 0 aromatic heterocycles. The first-order chi connectivity index (χ1) is 10.1. The fraction of sp³-hybridized carbons (Fsp3) is 0.467. The van der Waals surface area contributed by atoms with E-state index in [-0.39, 0.29) is 24.3 Å². The molecule has 5 nitrogen and oxygen atoms in total. The molecule has 1 aliphatic heterocycles. The molecule has 0 radical (unpaired) electrons. The lowest BCUT2D eigenvalue weighted by Gasteiger charge is -2.22. The summed E-state index contributed by atoms with van der Waals surface area (Å²) in [5, 5.41) is 8.79. The number of amides is 2. The van der Waals surface area contributed by atoms with Crippen molar-refractivity contribution in [1.82, 2.24) is 10.6 Å². The molecular formula is C15H20BrN3O2. The van der Waals surface area contributed by atoms with Gasteiger partial charge >= 0.3 is 0 Å². The number of piperidine rings is 1. The van der Waals surface area contributed by atoms with Gasteiger partial charge in [0.15, 0.2) is 0 Å². The van der Waals surface area contributed by atoms with Crippen molar-refractivity contribution < 1.29 is 9.59 Å². The molecule has 3 N–H and O–H groups in total. The third-order valence-corrected chi connectivity index (χ3v) is 3.93. The predicted octanol–water partition coefficient (Wildman–Crippen LogP) is 2.04. The zero-order valence-corrected chi connectivity index (χ0v) is 13.4. The lowest BCUT2D eigenvalue weighted by Crippen LogP contribution is -2.47. The van der Waals surface area contributed by atoms with E-state index < -0.39 is 0 Å². The average molecular weight is 354 g/mol. The summed E-state index contributed by atoms with van der Waals surface area (Å²) >= 11 is 3.34. The summed E-state index contributed by atoms with van der Waals surface area (Å²) < 4.78 is 0.966. The highest BCUT2D eigenvalue weighted by molar-refractivity contribution is 9.10. The van der Waals surface area contributed by atoms with Crippen LogP contribution >= 0.6 is 15.9 Å².